The zero-order chi connectivity index (χ0) is 9.97. The van der Waals surface area contributed by atoms with E-state index in [4.69, 9.17) is 5.73 Å². The van der Waals surface area contributed by atoms with Gasteiger partial charge in [0, 0.05) is 23.2 Å². The van der Waals surface area contributed by atoms with Crippen LogP contribution < -0.4 is 11.1 Å². The summed E-state index contributed by atoms with van der Waals surface area (Å²) in [4.78, 5) is 11.2. The molecule has 1 atom stereocenters. The molecule has 1 saturated heterocycles. The van der Waals surface area contributed by atoms with E-state index in [0.717, 1.165) is 17.2 Å². The Morgan fingerprint density at radius 2 is 2.29 bits per heavy atom. The van der Waals surface area contributed by atoms with Crippen LogP contribution in [-0.4, -0.2) is 17.5 Å². The number of thioether (sulfide) groups is 1. The lowest BCUT2D eigenvalue weighted by atomic mass is 10.0. The standard InChI is InChI=1S/C10H12N2OS/c11-10(13)8-4-2-1-3-7(8)9-5-14-6-12-9/h1-4,9,12H,5-6H2,(H2,11,13). The van der Waals surface area contributed by atoms with Crippen molar-refractivity contribution in [1.29, 1.82) is 0 Å². The van der Waals surface area contributed by atoms with Crippen molar-refractivity contribution >= 4 is 17.7 Å². The van der Waals surface area contributed by atoms with E-state index in [-0.39, 0.29) is 11.9 Å². The minimum Gasteiger partial charge on any atom is -0.366 e. The molecule has 0 spiro atoms. The van der Waals surface area contributed by atoms with Crippen LogP contribution in [0.25, 0.3) is 0 Å². The lowest BCUT2D eigenvalue weighted by Crippen LogP contribution is -2.21. The normalized spacial score (nSPS) is 21.0. The Balaban J connectivity index is 2.35. The smallest absolute Gasteiger partial charge is 0.249 e. The molecule has 3 nitrogen and oxygen atoms in total. The van der Waals surface area contributed by atoms with Crippen LogP contribution in [0.3, 0.4) is 0 Å². The molecule has 1 aliphatic heterocycles. The minimum atomic E-state index is -0.348. The minimum absolute atomic E-state index is 0.267. The summed E-state index contributed by atoms with van der Waals surface area (Å²) in [5.41, 5.74) is 6.96. The molecule has 0 bridgehead atoms. The van der Waals surface area contributed by atoms with Gasteiger partial charge in [0.1, 0.15) is 0 Å². The van der Waals surface area contributed by atoms with Gasteiger partial charge < -0.3 is 11.1 Å². The average Bonchev–Trinajstić information content (AvgIpc) is 2.70. The van der Waals surface area contributed by atoms with Gasteiger partial charge in [0.15, 0.2) is 0 Å². The summed E-state index contributed by atoms with van der Waals surface area (Å²) in [6.07, 6.45) is 0. The van der Waals surface area contributed by atoms with Gasteiger partial charge in [-0.25, -0.2) is 0 Å². The molecule has 1 heterocycles. The van der Waals surface area contributed by atoms with Crippen LogP contribution in [0.4, 0.5) is 0 Å². The van der Waals surface area contributed by atoms with Crippen molar-refractivity contribution in [3.8, 4) is 0 Å². The molecule has 1 aromatic rings. The fourth-order valence-corrected chi connectivity index (χ4v) is 2.59. The molecule has 0 aromatic heterocycles. The highest BCUT2D eigenvalue weighted by atomic mass is 32.2. The average molecular weight is 208 g/mol. The third-order valence-electron chi connectivity index (χ3n) is 2.32. The first-order valence-electron chi connectivity index (χ1n) is 4.49. The van der Waals surface area contributed by atoms with Gasteiger partial charge in [-0.05, 0) is 11.6 Å². The van der Waals surface area contributed by atoms with Crippen LogP contribution in [0.5, 0.6) is 0 Å². The fourth-order valence-electron chi connectivity index (χ4n) is 1.62. The number of primary amides is 1. The summed E-state index contributed by atoms with van der Waals surface area (Å²) in [6, 6.07) is 7.79. The van der Waals surface area contributed by atoms with Crippen molar-refractivity contribution in [3.63, 3.8) is 0 Å². The zero-order valence-electron chi connectivity index (χ0n) is 7.69. The molecule has 74 valence electrons. The van der Waals surface area contributed by atoms with Gasteiger partial charge in [-0.2, -0.15) is 0 Å². The molecule has 0 aliphatic carbocycles. The monoisotopic (exact) mass is 208 g/mol. The Kier molecular flexibility index (Phi) is 2.74. The molecule has 1 fully saturated rings. The van der Waals surface area contributed by atoms with E-state index in [1.807, 2.05) is 30.0 Å². The Morgan fingerprint density at radius 1 is 1.50 bits per heavy atom. The number of carbonyl (C=O) groups is 1. The van der Waals surface area contributed by atoms with Crippen LogP contribution in [0.15, 0.2) is 24.3 Å². The largest absolute Gasteiger partial charge is 0.366 e. The molecule has 1 aromatic carbocycles. The summed E-state index contributed by atoms with van der Waals surface area (Å²) in [5, 5.41) is 3.32. The van der Waals surface area contributed by atoms with E-state index in [1.54, 1.807) is 6.07 Å². The highest BCUT2D eigenvalue weighted by molar-refractivity contribution is 7.99. The first kappa shape index (κ1) is 9.55. The van der Waals surface area contributed by atoms with E-state index in [0.29, 0.717) is 5.56 Å². The van der Waals surface area contributed by atoms with Crippen LogP contribution in [-0.2, 0) is 0 Å². The molecule has 1 amide bonds. The van der Waals surface area contributed by atoms with Crippen molar-refractivity contribution in [1.82, 2.24) is 5.32 Å². The number of hydrogen-bond acceptors (Lipinski definition) is 3. The van der Waals surface area contributed by atoms with Gasteiger partial charge >= 0.3 is 0 Å². The molecule has 1 unspecified atom stereocenters. The van der Waals surface area contributed by atoms with Crippen molar-refractivity contribution in [3.05, 3.63) is 35.4 Å². The first-order valence-corrected chi connectivity index (χ1v) is 5.64. The number of carbonyl (C=O) groups excluding carboxylic acids is 1. The SMILES string of the molecule is NC(=O)c1ccccc1C1CSCN1. The number of nitrogens with two attached hydrogens (primary N) is 1. The summed E-state index contributed by atoms with van der Waals surface area (Å²) < 4.78 is 0. The van der Waals surface area contributed by atoms with E-state index < -0.39 is 0 Å². The van der Waals surface area contributed by atoms with Crippen molar-refractivity contribution < 1.29 is 4.79 Å². The number of benzene rings is 1. The predicted octanol–water partition coefficient (Wildman–Crippen LogP) is 1.12. The highest BCUT2D eigenvalue weighted by Gasteiger charge is 2.20. The lowest BCUT2D eigenvalue weighted by molar-refractivity contribution is 0.0999. The maximum absolute atomic E-state index is 11.2. The molecule has 0 radical (unpaired) electrons. The van der Waals surface area contributed by atoms with Crippen LogP contribution in [0.1, 0.15) is 22.0 Å². The lowest BCUT2D eigenvalue weighted by Gasteiger charge is -2.12. The van der Waals surface area contributed by atoms with Crippen molar-refractivity contribution in [2.75, 3.05) is 11.6 Å². The number of nitrogens with one attached hydrogen (secondary N) is 1. The van der Waals surface area contributed by atoms with Gasteiger partial charge in [-0.1, -0.05) is 18.2 Å². The van der Waals surface area contributed by atoms with Gasteiger partial charge in [0.25, 0.3) is 0 Å². The maximum Gasteiger partial charge on any atom is 0.249 e. The van der Waals surface area contributed by atoms with Crippen LogP contribution in [0.2, 0.25) is 0 Å². The summed E-state index contributed by atoms with van der Waals surface area (Å²) in [7, 11) is 0. The molecule has 4 heteroatoms. The maximum atomic E-state index is 11.2. The van der Waals surface area contributed by atoms with Gasteiger partial charge in [0.2, 0.25) is 5.91 Å². The second-order valence-electron chi connectivity index (χ2n) is 3.22. The van der Waals surface area contributed by atoms with Gasteiger partial charge in [0.05, 0.1) is 0 Å². The molecule has 0 saturated carbocycles. The third kappa shape index (κ3) is 1.76. The number of hydrogen-bond donors (Lipinski definition) is 2. The molecular weight excluding hydrogens is 196 g/mol. The topological polar surface area (TPSA) is 55.1 Å². The van der Waals surface area contributed by atoms with Crippen LogP contribution in [0, 0.1) is 0 Å². The second-order valence-corrected chi connectivity index (χ2v) is 4.25. The predicted molar refractivity (Wildman–Crippen MR) is 58.2 cm³/mol. The Bertz CT molecular complexity index is 348. The Hall–Kier alpha value is -1.00. The summed E-state index contributed by atoms with van der Waals surface area (Å²) >= 11 is 1.83. The second kappa shape index (κ2) is 4.02. The Morgan fingerprint density at radius 3 is 2.93 bits per heavy atom. The van der Waals surface area contributed by atoms with Crippen molar-refractivity contribution in [2.45, 2.75) is 6.04 Å². The van der Waals surface area contributed by atoms with Gasteiger partial charge in [-0.3, -0.25) is 4.79 Å². The van der Waals surface area contributed by atoms with E-state index in [9.17, 15) is 4.79 Å². The first-order chi connectivity index (χ1) is 6.79. The zero-order valence-corrected chi connectivity index (χ0v) is 8.51. The molecule has 1 aliphatic rings. The summed E-state index contributed by atoms with van der Waals surface area (Å²) in [5.74, 6) is 1.60. The van der Waals surface area contributed by atoms with Gasteiger partial charge in [-0.15, -0.1) is 11.8 Å². The Labute approximate surface area is 87.1 Å². The van der Waals surface area contributed by atoms with Crippen LogP contribution >= 0.6 is 11.8 Å². The fraction of sp³-hybridized carbons (Fsp3) is 0.300. The third-order valence-corrected chi connectivity index (χ3v) is 3.26. The van der Waals surface area contributed by atoms with E-state index in [2.05, 4.69) is 5.32 Å². The highest BCUT2D eigenvalue weighted by Crippen LogP contribution is 2.26. The molecular formula is C10H12N2OS. The van der Waals surface area contributed by atoms with E-state index >= 15 is 0 Å². The number of rotatable bonds is 2. The quantitative estimate of drug-likeness (QED) is 0.765. The van der Waals surface area contributed by atoms with E-state index in [1.165, 1.54) is 0 Å². The molecule has 2 rings (SSSR count). The molecule has 3 N–H and O–H groups in total. The summed E-state index contributed by atoms with van der Waals surface area (Å²) in [6.45, 7) is 0. The molecule has 14 heavy (non-hydrogen) atoms. The van der Waals surface area contributed by atoms with Crippen molar-refractivity contribution in [2.24, 2.45) is 5.73 Å². The number of amides is 1.